The molecule has 0 unspecified atom stereocenters. The first kappa shape index (κ1) is 15.2. The minimum Gasteiger partial charge on any atom is -0.504 e. The molecule has 3 N–H and O–H groups in total. The smallest absolute Gasteiger partial charge is 0.222 e. The number of phenols is 1. The second kappa shape index (κ2) is 7.02. The summed E-state index contributed by atoms with van der Waals surface area (Å²) < 4.78 is 5.01. The number of carbonyl (C=O) groups is 1. The predicted octanol–water partition coefficient (Wildman–Crippen LogP) is 1.60. The molecule has 0 aliphatic carbocycles. The largest absolute Gasteiger partial charge is 0.504 e. The highest BCUT2D eigenvalue weighted by Crippen LogP contribution is 2.25. The van der Waals surface area contributed by atoms with Crippen LogP contribution >= 0.6 is 0 Å². The van der Waals surface area contributed by atoms with E-state index < -0.39 is 0 Å². The van der Waals surface area contributed by atoms with E-state index in [9.17, 15) is 9.90 Å². The predicted molar refractivity (Wildman–Crippen MR) is 82.2 cm³/mol. The van der Waals surface area contributed by atoms with Gasteiger partial charge < -0.3 is 15.2 Å². The second-order valence-corrected chi connectivity index (χ2v) is 4.27. The van der Waals surface area contributed by atoms with Crippen molar-refractivity contribution in [3.8, 4) is 11.5 Å². The molecular formula is C14H15N5O3. The lowest BCUT2D eigenvalue weighted by molar-refractivity contribution is -0.114. The van der Waals surface area contributed by atoms with E-state index in [4.69, 9.17) is 4.74 Å². The van der Waals surface area contributed by atoms with Crippen LogP contribution in [0.1, 0.15) is 12.5 Å². The van der Waals surface area contributed by atoms with Gasteiger partial charge in [-0.3, -0.25) is 10.2 Å². The standard InChI is InChI=1S/C14H15N5O3/c1-9(20)18-13-6-14(16-8-15-13)19-17-7-10-3-4-11(21)12(5-10)22-2/h3-8,21H,1-2H3,(H2,15,16,18,19,20). The highest BCUT2D eigenvalue weighted by molar-refractivity contribution is 5.87. The monoisotopic (exact) mass is 301 g/mol. The van der Waals surface area contributed by atoms with Gasteiger partial charge in [-0.25, -0.2) is 9.97 Å². The van der Waals surface area contributed by atoms with E-state index in [0.717, 1.165) is 5.56 Å². The van der Waals surface area contributed by atoms with Gasteiger partial charge in [-0.2, -0.15) is 5.10 Å². The van der Waals surface area contributed by atoms with Crippen molar-refractivity contribution >= 4 is 23.8 Å². The lowest BCUT2D eigenvalue weighted by atomic mass is 10.2. The van der Waals surface area contributed by atoms with Crippen molar-refractivity contribution in [1.29, 1.82) is 0 Å². The van der Waals surface area contributed by atoms with Gasteiger partial charge >= 0.3 is 0 Å². The van der Waals surface area contributed by atoms with Crippen LogP contribution in [0.4, 0.5) is 11.6 Å². The number of amides is 1. The lowest BCUT2D eigenvalue weighted by Crippen LogP contribution is -2.08. The molecule has 0 saturated carbocycles. The van der Waals surface area contributed by atoms with Gasteiger partial charge in [-0.05, 0) is 23.8 Å². The summed E-state index contributed by atoms with van der Waals surface area (Å²) in [5, 5.41) is 16.1. The molecule has 2 rings (SSSR count). The van der Waals surface area contributed by atoms with Crippen LogP contribution in [0.3, 0.4) is 0 Å². The van der Waals surface area contributed by atoms with Crippen LogP contribution in [0.15, 0.2) is 35.7 Å². The van der Waals surface area contributed by atoms with E-state index in [1.807, 2.05) is 0 Å². The first-order valence-corrected chi connectivity index (χ1v) is 6.34. The van der Waals surface area contributed by atoms with Gasteiger partial charge in [0.25, 0.3) is 0 Å². The number of hydrogen-bond donors (Lipinski definition) is 3. The molecule has 1 aromatic carbocycles. The fraction of sp³-hybridized carbons (Fsp3) is 0.143. The number of nitrogens with one attached hydrogen (secondary N) is 2. The zero-order chi connectivity index (χ0) is 15.9. The Morgan fingerprint density at radius 3 is 2.82 bits per heavy atom. The highest BCUT2D eigenvalue weighted by atomic mass is 16.5. The first-order chi connectivity index (χ1) is 10.6. The number of benzene rings is 1. The Labute approximate surface area is 126 Å². The third-order valence-corrected chi connectivity index (χ3v) is 2.57. The molecule has 2 aromatic rings. The molecule has 114 valence electrons. The minimum atomic E-state index is -0.218. The summed E-state index contributed by atoms with van der Waals surface area (Å²) >= 11 is 0. The van der Waals surface area contributed by atoms with Crippen LogP contribution in [0.25, 0.3) is 0 Å². The Hall–Kier alpha value is -3.16. The molecule has 1 heterocycles. The zero-order valence-electron chi connectivity index (χ0n) is 12.1. The molecule has 0 atom stereocenters. The topological polar surface area (TPSA) is 109 Å². The zero-order valence-corrected chi connectivity index (χ0v) is 12.1. The van der Waals surface area contributed by atoms with E-state index in [-0.39, 0.29) is 11.7 Å². The van der Waals surface area contributed by atoms with Crippen LogP contribution in [0.2, 0.25) is 0 Å². The minimum absolute atomic E-state index is 0.0587. The SMILES string of the molecule is COc1cc(C=NNc2cc(NC(C)=O)ncn2)ccc1O. The second-order valence-electron chi connectivity index (χ2n) is 4.27. The Morgan fingerprint density at radius 1 is 1.32 bits per heavy atom. The molecule has 0 saturated heterocycles. The summed E-state index contributed by atoms with van der Waals surface area (Å²) in [5.74, 6) is 1.01. The number of rotatable bonds is 5. The summed E-state index contributed by atoms with van der Waals surface area (Å²) in [7, 11) is 1.47. The van der Waals surface area contributed by atoms with Crippen molar-refractivity contribution in [2.45, 2.75) is 6.92 Å². The molecule has 1 aromatic heterocycles. The van der Waals surface area contributed by atoms with E-state index in [1.165, 1.54) is 26.4 Å². The number of carbonyl (C=O) groups excluding carboxylic acids is 1. The summed E-state index contributed by atoms with van der Waals surface area (Å²) in [4.78, 5) is 18.8. The van der Waals surface area contributed by atoms with Crippen LogP contribution < -0.4 is 15.5 Å². The van der Waals surface area contributed by atoms with Crippen LogP contribution in [-0.2, 0) is 4.79 Å². The maximum atomic E-state index is 11.0. The Kier molecular flexibility index (Phi) is 4.86. The van der Waals surface area contributed by atoms with Crippen molar-refractivity contribution in [2.24, 2.45) is 5.10 Å². The number of anilines is 2. The Bertz CT molecular complexity index is 703. The molecule has 0 bridgehead atoms. The third kappa shape index (κ3) is 4.17. The van der Waals surface area contributed by atoms with Crippen LogP contribution in [0, 0.1) is 0 Å². The molecular weight excluding hydrogens is 286 g/mol. The van der Waals surface area contributed by atoms with Crippen molar-refractivity contribution in [3.05, 3.63) is 36.2 Å². The number of nitrogens with zero attached hydrogens (tertiary/aromatic N) is 3. The number of ether oxygens (including phenoxy) is 1. The van der Waals surface area contributed by atoms with Crippen LogP contribution in [-0.4, -0.2) is 34.3 Å². The van der Waals surface area contributed by atoms with Crippen molar-refractivity contribution < 1.29 is 14.6 Å². The molecule has 0 aliphatic heterocycles. The molecule has 0 spiro atoms. The molecule has 0 fully saturated rings. The Balaban J connectivity index is 2.04. The fourth-order valence-electron chi connectivity index (χ4n) is 1.61. The summed E-state index contributed by atoms with van der Waals surface area (Å²) in [5.41, 5.74) is 3.46. The van der Waals surface area contributed by atoms with Crippen molar-refractivity contribution in [3.63, 3.8) is 0 Å². The summed E-state index contributed by atoms with van der Waals surface area (Å²) in [6.07, 6.45) is 2.86. The van der Waals surface area contributed by atoms with Gasteiger partial charge in [0.2, 0.25) is 5.91 Å². The van der Waals surface area contributed by atoms with E-state index in [1.54, 1.807) is 24.4 Å². The summed E-state index contributed by atoms with van der Waals surface area (Å²) in [6.45, 7) is 1.39. The van der Waals surface area contributed by atoms with E-state index in [2.05, 4.69) is 25.8 Å². The van der Waals surface area contributed by atoms with E-state index in [0.29, 0.717) is 17.4 Å². The highest BCUT2D eigenvalue weighted by Gasteiger charge is 2.01. The third-order valence-electron chi connectivity index (χ3n) is 2.57. The lowest BCUT2D eigenvalue weighted by Gasteiger charge is -2.04. The number of aromatic nitrogens is 2. The van der Waals surface area contributed by atoms with Gasteiger partial charge in [-0.1, -0.05) is 0 Å². The number of phenolic OH excluding ortho intramolecular Hbond substituents is 1. The maximum absolute atomic E-state index is 11.0. The number of hydrazone groups is 1. The molecule has 1 amide bonds. The number of hydrogen-bond acceptors (Lipinski definition) is 7. The normalized spacial score (nSPS) is 10.5. The van der Waals surface area contributed by atoms with E-state index >= 15 is 0 Å². The molecule has 8 heteroatoms. The average Bonchev–Trinajstić information content (AvgIpc) is 2.48. The van der Waals surface area contributed by atoms with Gasteiger partial charge in [0.05, 0.1) is 13.3 Å². The molecule has 22 heavy (non-hydrogen) atoms. The van der Waals surface area contributed by atoms with Crippen molar-refractivity contribution in [1.82, 2.24) is 9.97 Å². The first-order valence-electron chi connectivity index (χ1n) is 6.34. The quantitative estimate of drug-likeness (QED) is 0.571. The van der Waals surface area contributed by atoms with Gasteiger partial charge in [-0.15, -0.1) is 0 Å². The molecule has 0 radical (unpaired) electrons. The summed E-state index contributed by atoms with van der Waals surface area (Å²) in [6, 6.07) is 6.39. The molecule has 8 nitrogen and oxygen atoms in total. The number of methoxy groups -OCH3 is 1. The van der Waals surface area contributed by atoms with Crippen molar-refractivity contribution in [2.75, 3.05) is 17.9 Å². The van der Waals surface area contributed by atoms with Crippen LogP contribution in [0.5, 0.6) is 11.5 Å². The maximum Gasteiger partial charge on any atom is 0.222 e. The molecule has 0 aliphatic rings. The van der Waals surface area contributed by atoms with Gasteiger partial charge in [0.15, 0.2) is 17.3 Å². The van der Waals surface area contributed by atoms with Gasteiger partial charge in [0.1, 0.15) is 12.1 Å². The average molecular weight is 301 g/mol. The fourth-order valence-corrected chi connectivity index (χ4v) is 1.61. The Morgan fingerprint density at radius 2 is 2.09 bits per heavy atom. The van der Waals surface area contributed by atoms with Gasteiger partial charge in [0, 0.05) is 13.0 Å². The number of aromatic hydroxyl groups is 1.